The van der Waals surface area contributed by atoms with Crippen molar-refractivity contribution in [1.29, 1.82) is 0 Å². The summed E-state index contributed by atoms with van der Waals surface area (Å²) in [4.78, 5) is 22.7. The first kappa shape index (κ1) is 16.5. The summed E-state index contributed by atoms with van der Waals surface area (Å²) in [6.45, 7) is 1.91. The quantitative estimate of drug-likeness (QED) is 0.595. The lowest BCUT2D eigenvalue weighted by Crippen LogP contribution is -2.14. The van der Waals surface area contributed by atoms with E-state index in [1.54, 1.807) is 13.0 Å². The second kappa shape index (κ2) is 7.87. The molecule has 6 heteroatoms. The van der Waals surface area contributed by atoms with E-state index in [0.29, 0.717) is 18.7 Å². The molecule has 1 atom stereocenters. The van der Waals surface area contributed by atoms with Crippen molar-refractivity contribution in [3.63, 3.8) is 0 Å². The third kappa shape index (κ3) is 4.21. The second-order valence-corrected chi connectivity index (χ2v) is 4.55. The van der Waals surface area contributed by atoms with Gasteiger partial charge in [0.1, 0.15) is 0 Å². The van der Waals surface area contributed by atoms with Gasteiger partial charge in [0.15, 0.2) is 6.10 Å². The first-order valence-corrected chi connectivity index (χ1v) is 6.81. The van der Waals surface area contributed by atoms with Crippen molar-refractivity contribution >= 4 is 23.5 Å². The molecule has 1 aromatic rings. The summed E-state index contributed by atoms with van der Waals surface area (Å²) in [5, 5.41) is 18.3. The fourth-order valence-corrected chi connectivity index (χ4v) is 1.91. The third-order valence-electron chi connectivity index (χ3n) is 2.76. The number of carbonyl (C=O) groups excluding carboxylic acids is 1. The fourth-order valence-electron chi connectivity index (χ4n) is 1.78. The van der Waals surface area contributed by atoms with E-state index in [4.69, 9.17) is 21.4 Å². The molecule has 0 bridgehead atoms. The van der Waals surface area contributed by atoms with E-state index in [-0.39, 0.29) is 17.7 Å². The third-order valence-corrected chi connectivity index (χ3v) is 3.03. The Bertz CT molecular complexity index is 486. The molecule has 0 amide bonds. The van der Waals surface area contributed by atoms with Gasteiger partial charge in [0.25, 0.3) is 0 Å². The van der Waals surface area contributed by atoms with E-state index in [2.05, 4.69) is 0 Å². The molecule has 110 valence electrons. The van der Waals surface area contributed by atoms with Gasteiger partial charge in [-0.3, -0.25) is 0 Å². The molecule has 0 aliphatic carbocycles. The standard InChI is InChI=1S/C14H17ClO5/c1-2-20-14(19)11-8-10(12(16)13(17)18)6-5-9(11)4-3-7-15/h5-6,8,12,16H,2-4,7H2,1H3,(H,17,18). The van der Waals surface area contributed by atoms with Crippen LogP contribution in [-0.4, -0.2) is 34.6 Å². The number of aliphatic hydroxyl groups excluding tert-OH is 1. The van der Waals surface area contributed by atoms with Gasteiger partial charge in [0.2, 0.25) is 0 Å². The lowest BCUT2D eigenvalue weighted by Gasteiger charge is -2.12. The van der Waals surface area contributed by atoms with Crippen LogP contribution in [0.25, 0.3) is 0 Å². The van der Waals surface area contributed by atoms with Gasteiger partial charge in [-0.25, -0.2) is 9.59 Å². The Morgan fingerprint density at radius 2 is 2.10 bits per heavy atom. The number of carbonyl (C=O) groups is 2. The zero-order valence-electron chi connectivity index (χ0n) is 11.1. The van der Waals surface area contributed by atoms with Crippen LogP contribution in [0.5, 0.6) is 0 Å². The van der Waals surface area contributed by atoms with Gasteiger partial charge in [-0.05, 0) is 37.0 Å². The van der Waals surface area contributed by atoms with Crippen molar-refractivity contribution in [3.8, 4) is 0 Å². The highest BCUT2D eigenvalue weighted by Gasteiger charge is 2.20. The van der Waals surface area contributed by atoms with Crippen molar-refractivity contribution in [1.82, 2.24) is 0 Å². The largest absolute Gasteiger partial charge is 0.479 e. The molecule has 0 aliphatic heterocycles. The lowest BCUT2D eigenvalue weighted by atomic mass is 9.98. The maximum atomic E-state index is 11.9. The van der Waals surface area contributed by atoms with Crippen molar-refractivity contribution in [2.75, 3.05) is 12.5 Å². The molecule has 1 rings (SSSR count). The highest BCUT2D eigenvalue weighted by molar-refractivity contribution is 6.17. The normalized spacial score (nSPS) is 11.9. The molecular weight excluding hydrogens is 284 g/mol. The van der Waals surface area contributed by atoms with Gasteiger partial charge in [0, 0.05) is 5.88 Å². The summed E-state index contributed by atoms with van der Waals surface area (Å²) in [6, 6.07) is 4.48. The maximum absolute atomic E-state index is 11.9. The SMILES string of the molecule is CCOC(=O)c1cc(C(O)C(=O)O)ccc1CCCCl. The van der Waals surface area contributed by atoms with Crippen molar-refractivity contribution in [2.45, 2.75) is 25.9 Å². The molecule has 0 radical (unpaired) electrons. The van der Waals surface area contributed by atoms with Gasteiger partial charge in [0.05, 0.1) is 12.2 Å². The molecule has 0 spiro atoms. The molecule has 5 nitrogen and oxygen atoms in total. The minimum atomic E-state index is -1.66. The average molecular weight is 301 g/mol. The fraction of sp³-hybridized carbons (Fsp3) is 0.429. The smallest absolute Gasteiger partial charge is 0.338 e. The van der Waals surface area contributed by atoms with Crippen LogP contribution in [0.1, 0.15) is 40.9 Å². The van der Waals surface area contributed by atoms with Crippen molar-refractivity contribution < 1.29 is 24.5 Å². The molecule has 0 aromatic heterocycles. The van der Waals surface area contributed by atoms with Crippen LogP contribution >= 0.6 is 11.6 Å². The maximum Gasteiger partial charge on any atom is 0.338 e. The summed E-state index contributed by atoms with van der Waals surface area (Å²) in [6.07, 6.45) is -0.388. The first-order valence-electron chi connectivity index (χ1n) is 6.28. The van der Waals surface area contributed by atoms with Crippen LogP contribution in [0.3, 0.4) is 0 Å². The molecule has 0 saturated carbocycles. The van der Waals surface area contributed by atoms with Crippen LogP contribution in [0.4, 0.5) is 0 Å². The number of aryl methyl sites for hydroxylation is 1. The molecule has 0 aliphatic rings. The summed E-state index contributed by atoms with van der Waals surface area (Å²) in [5.41, 5.74) is 1.15. The Hall–Kier alpha value is -1.59. The number of hydrogen-bond acceptors (Lipinski definition) is 4. The van der Waals surface area contributed by atoms with E-state index >= 15 is 0 Å². The summed E-state index contributed by atoms with van der Waals surface area (Å²) >= 11 is 5.63. The monoisotopic (exact) mass is 300 g/mol. The van der Waals surface area contributed by atoms with E-state index in [1.165, 1.54) is 12.1 Å². The molecule has 1 unspecified atom stereocenters. The van der Waals surface area contributed by atoms with E-state index in [9.17, 15) is 14.7 Å². The summed E-state index contributed by atoms with van der Waals surface area (Å²) in [7, 11) is 0. The topological polar surface area (TPSA) is 83.8 Å². The lowest BCUT2D eigenvalue weighted by molar-refractivity contribution is -0.146. The molecular formula is C14H17ClO5. The predicted molar refractivity (Wildman–Crippen MR) is 74.0 cm³/mol. The molecule has 20 heavy (non-hydrogen) atoms. The number of alkyl halides is 1. The average Bonchev–Trinajstić information content (AvgIpc) is 2.44. The van der Waals surface area contributed by atoms with Gasteiger partial charge in [-0.15, -0.1) is 11.6 Å². The van der Waals surface area contributed by atoms with Gasteiger partial charge in [-0.1, -0.05) is 12.1 Å². The number of halogens is 1. The second-order valence-electron chi connectivity index (χ2n) is 4.17. The minimum Gasteiger partial charge on any atom is -0.479 e. The Kier molecular flexibility index (Phi) is 6.48. The molecule has 0 heterocycles. The van der Waals surface area contributed by atoms with E-state index in [0.717, 1.165) is 5.56 Å². The van der Waals surface area contributed by atoms with Crippen LogP contribution in [0, 0.1) is 0 Å². The number of ether oxygens (including phenoxy) is 1. The number of aliphatic carboxylic acids is 1. The molecule has 0 fully saturated rings. The Morgan fingerprint density at radius 3 is 2.65 bits per heavy atom. The van der Waals surface area contributed by atoms with Crippen LogP contribution in [0.2, 0.25) is 0 Å². The highest BCUT2D eigenvalue weighted by Crippen LogP contribution is 2.20. The zero-order valence-corrected chi connectivity index (χ0v) is 11.9. The summed E-state index contributed by atoms with van der Waals surface area (Å²) in [5.74, 6) is -1.44. The molecule has 2 N–H and O–H groups in total. The number of aliphatic hydroxyl groups is 1. The van der Waals surface area contributed by atoms with Gasteiger partial charge in [-0.2, -0.15) is 0 Å². The Labute approximate surface area is 122 Å². The number of esters is 1. The predicted octanol–water partition coefficient (Wildman–Crippen LogP) is 2.15. The van der Waals surface area contributed by atoms with Crippen molar-refractivity contribution in [3.05, 3.63) is 34.9 Å². The number of hydrogen-bond donors (Lipinski definition) is 2. The van der Waals surface area contributed by atoms with E-state index < -0.39 is 18.0 Å². The first-order chi connectivity index (χ1) is 9.51. The highest BCUT2D eigenvalue weighted by atomic mass is 35.5. The summed E-state index contributed by atoms with van der Waals surface area (Å²) < 4.78 is 4.94. The Balaban J connectivity index is 3.13. The van der Waals surface area contributed by atoms with Crippen LogP contribution < -0.4 is 0 Å². The minimum absolute atomic E-state index is 0.148. The Morgan fingerprint density at radius 1 is 1.40 bits per heavy atom. The van der Waals surface area contributed by atoms with Gasteiger partial charge >= 0.3 is 11.9 Å². The van der Waals surface area contributed by atoms with E-state index in [1.807, 2.05) is 0 Å². The van der Waals surface area contributed by atoms with Crippen LogP contribution in [0.15, 0.2) is 18.2 Å². The van der Waals surface area contributed by atoms with Gasteiger partial charge < -0.3 is 14.9 Å². The van der Waals surface area contributed by atoms with Crippen molar-refractivity contribution in [2.24, 2.45) is 0 Å². The number of carboxylic acids is 1. The van der Waals surface area contributed by atoms with Crippen LogP contribution in [-0.2, 0) is 16.0 Å². The molecule has 0 saturated heterocycles. The number of benzene rings is 1. The number of carboxylic acid groups (broad SMARTS) is 1. The zero-order chi connectivity index (χ0) is 15.1. The number of rotatable bonds is 7. The molecule has 1 aromatic carbocycles.